The molecule has 4 rings (SSSR count). The fourth-order valence-corrected chi connectivity index (χ4v) is 5.91. The number of piperazine rings is 1. The number of nitrogens with one attached hydrogen (secondary N) is 1. The van der Waals surface area contributed by atoms with E-state index in [9.17, 15) is 9.18 Å². The van der Waals surface area contributed by atoms with Crippen molar-refractivity contribution in [2.24, 2.45) is 0 Å². The van der Waals surface area contributed by atoms with Gasteiger partial charge in [-0.25, -0.2) is 9.18 Å². The number of carbonyl (C=O) groups excluding carboxylic acids is 1. The molecule has 1 aliphatic carbocycles. The van der Waals surface area contributed by atoms with Crippen molar-refractivity contribution in [3.05, 3.63) is 51.7 Å². The lowest BCUT2D eigenvalue weighted by molar-refractivity contribution is 0.0601. The standard InChI is InChI=1S/C23H28FN3O2S2/c1-29-22(28)20-18-5-3-2-4-6-19(18)31-21(20)25-23(30)27-13-11-26(12-14-27)15-16-7-9-17(24)10-8-16/h7-10H,2-6,11-15H2,1H3,(H,25,30). The van der Waals surface area contributed by atoms with Crippen molar-refractivity contribution in [3.63, 3.8) is 0 Å². The highest BCUT2D eigenvalue weighted by Crippen LogP contribution is 2.38. The Bertz CT molecular complexity index is 937. The van der Waals surface area contributed by atoms with Crippen LogP contribution in [0.5, 0.6) is 0 Å². The number of hydrogen-bond acceptors (Lipinski definition) is 5. The van der Waals surface area contributed by atoms with E-state index < -0.39 is 0 Å². The summed E-state index contributed by atoms with van der Waals surface area (Å²) in [6.45, 7) is 4.18. The molecule has 8 heteroatoms. The Morgan fingerprint density at radius 2 is 1.84 bits per heavy atom. The van der Waals surface area contributed by atoms with Crippen molar-refractivity contribution >= 4 is 39.6 Å². The van der Waals surface area contributed by atoms with Gasteiger partial charge in [0.25, 0.3) is 0 Å². The molecule has 1 aliphatic heterocycles. The van der Waals surface area contributed by atoms with Crippen LogP contribution in [0, 0.1) is 5.82 Å². The number of methoxy groups -OCH3 is 1. The van der Waals surface area contributed by atoms with E-state index in [-0.39, 0.29) is 11.8 Å². The smallest absolute Gasteiger partial charge is 0.341 e. The second-order valence-electron chi connectivity index (χ2n) is 8.08. The van der Waals surface area contributed by atoms with Gasteiger partial charge in [0.05, 0.1) is 12.7 Å². The highest BCUT2D eigenvalue weighted by atomic mass is 32.1. The maximum Gasteiger partial charge on any atom is 0.341 e. The molecule has 2 aromatic rings. The van der Waals surface area contributed by atoms with Crippen LogP contribution in [-0.2, 0) is 24.1 Å². The molecule has 1 aromatic carbocycles. The van der Waals surface area contributed by atoms with E-state index in [1.807, 2.05) is 12.1 Å². The number of ether oxygens (including phenoxy) is 1. The van der Waals surface area contributed by atoms with Gasteiger partial charge < -0.3 is 15.0 Å². The maximum absolute atomic E-state index is 13.1. The largest absolute Gasteiger partial charge is 0.465 e. The van der Waals surface area contributed by atoms with Gasteiger partial charge in [0.15, 0.2) is 5.11 Å². The predicted molar refractivity (Wildman–Crippen MR) is 126 cm³/mol. The monoisotopic (exact) mass is 461 g/mol. The predicted octanol–water partition coefficient (Wildman–Crippen LogP) is 4.46. The summed E-state index contributed by atoms with van der Waals surface area (Å²) >= 11 is 7.35. The number of carbonyl (C=O) groups is 1. The van der Waals surface area contributed by atoms with Gasteiger partial charge in [-0.05, 0) is 61.2 Å². The van der Waals surface area contributed by atoms with Gasteiger partial charge in [0, 0.05) is 37.6 Å². The molecule has 1 saturated heterocycles. The fourth-order valence-electron chi connectivity index (χ4n) is 4.28. The zero-order valence-electron chi connectivity index (χ0n) is 17.8. The minimum Gasteiger partial charge on any atom is -0.465 e. The third-order valence-corrected chi connectivity index (χ3v) is 7.58. The maximum atomic E-state index is 13.1. The first-order chi connectivity index (χ1) is 15.0. The Hall–Kier alpha value is -2.03. The normalized spacial score (nSPS) is 17.0. The zero-order valence-corrected chi connectivity index (χ0v) is 19.4. The van der Waals surface area contributed by atoms with Gasteiger partial charge in [-0.15, -0.1) is 11.3 Å². The van der Waals surface area contributed by atoms with Crippen molar-refractivity contribution in [2.45, 2.75) is 38.6 Å². The molecule has 0 saturated carbocycles. The number of rotatable bonds is 4. The van der Waals surface area contributed by atoms with Crippen LogP contribution in [0.4, 0.5) is 9.39 Å². The first kappa shape index (κ1) is 22.2. The summed E-state index contributed by atoms with van der Waals surface area (Å²) in [4.78, 5) is 18.3. The highest BCUT2D eigenvalue weighted by molar-refractivity contribution is 7.80. The number of halogens is 1. The zero-order chi connectivity index (χ0) is 21.8. The van der Waals surface area contributed by atoms with Gasteiger partial charge in [-0.1, -0.05) is 18.6 Å². The molecule has 0 atom stereocenters. The summed E-state index contributed by atoms with van der Waals surface area (Å²) in [6.07, 6.45) is 5.40. The Morgan fingerprint density at radius 3 is 2.55 bits per heavy atom. The van der Waals surface area contributed by atoms with Crippen LogP contribution in [0.15, 0.2) is 24.3 Å². The molecule has 1 N–H and O–H groups in total. The van der Waals surface area contributed by atoms with E-state index in [1.165, 1.54) is 30.5 Å². The molecule has 0 unspecified atom stereocenters. The Balaban J connectivity index is 1.39. The van der Waals surface area contributed by atoms with Gasteiger partial charge in [0.1, 0.15) is 10.8 Å². The summed E-state index contributed by atoms with van der Waals surface area (Å²) < 4.78 is 18.2. The number of anilines is 1. The van der Waals surface area contributed by atoms with Crippen molar-refractivity contribution < 1.29 is 13.9 Å². The average molecular weight is 462 g/mol. The number of esters is 1. The number of benzene rings is 1. The van der Waals surface area contributed by atoms with E-state index in [2.05, 4.69) is 15.1 Å². The van der Waals surface area contributed by atoms with Crippen LogP contribution < -0.4 is 5.32 Å². The molecule has 1 aromatic heterocycles. The van der Waals surface area contributed by atoms with Gasteiger partial charge in [0.2, 0.25) is 0 Å². The molecular formula is C23H28FN3O2S2. The quantitative estimate of drug-likeness (QED) is 0.412. The van der Waals surface area contributed by atoms with E-state index in [0.717, 1.165) is 74.5 Å². The Kier molecular flexibility index (Phi) is 7.20. The molecule has 0 radical (unpaired) electrons. The number of aryl methyl sites for hydroxylation is 1. The van der Waals surface area contributed by atoms with Gasteiger partial charge in [-0.2, -0.15) is 0 Å². The van der Waals surface area contributed by atoms with Gasteiger partial charge in [-0.3, -0.25) is 4.90 Å². The average Bonchev–Trinajstić information content (AvgIpc) is 2.95. The summed E-state index contributed by atoms with van der Waals surface area (Å²) in [7, 11) is 1.44. The van der Waals surface area contributed by atoms with Gasteiger partial charge >= 0.3 is 5.97 Å². The minimum atomic E-state index is -0.284. The molecule has 2 aliphatic rings. The molecular weight excluding hydrogens is 433 g/mol. The molecule has 2 heterocycles. The number of thiophene rings is 1. The Labute approximate surface area is 192 Å². The lowest BCUT2D eigenvalue weighted by atomic mass is 10.1. The molecule has 1 fully saturated rings. The summed E-state index contributed by atoms with van der Waals surface area (Å²) in [5.74, 6) is -0.490. The van der Waals surface area contributed by atoms with Crippen LogP contribution in [0.3, 0.4) is 0 Å². The van der Waals surface area contributed by atoms with Crippen LogP contribution in [-0.4, -0.2) is 54.2 Å². The highest BCUT2D eigenvalue weighted by Gasteiger charge is 2.27. The van der Waals surface area contributed by atoms with Crippen LogP contribution >= 0.6 is 23.6 Å². The second-order valence-corrected chi connectivity index (χ2v) is 9.57. The number of thiocarbonyl (C=S) groups is 1. The lowest BCUT2D eigenvalue weighted by Crippen LogP contribution is -2.49. The molecule has 31 heavy (non-hydrogen) atoms. The van der Waals surface area contributed by atoms with E-state index in [4.69, 9.17) is 17.0 Å². The molecule has 0 spiro atoms. The SMILES string of the molecule is COC(=O)c1c(NC(=S)N2CCN(Cc3ccc(F)cc3)CC2)sc2c1CCCCC2. The topological polar surface area (TPSA) is 44.8 Å². The van der Waals surface area contributed by atoms with Crippen LogP contribution in [0.1, 0.15) is 45.6 Å². The minimum absolute atomic E-state index is 0.206. The first-order valence-electron chi connectivity index (χ1n) is 10.8. The van der Waals surface area contributed by atoms with Crippen molar-refractivity contribution in [1.82, 2.24) is 9.80 Å². The van der Waals surface area contributed by atoms with Crippen LogP contribution in [0.2, 0.25) is 0 Å². The van der Waals surface area contributed by atoms with E-state index >= 15 is 0 Å². The summed E-state index contributed by atoms with van der Waals surface area (Å²) in [5, 5.41) is 4.83. The number of nitrogens with zero attached hydrogens (tertiary/aromatic N) is 2. The second kappa shape index (κ2) is 10.1. The summed E-state index contributed by atoms with van der Waals surface area (Å²) in [5.41, 5.74) is 2.92. The molecule has 5 nitrogen and oxygen atoms in total. The van der Waals surface area contributed by atoms with Crippen LogP contribution in [0.25, 0.3) is 0 Å². The number of fused-ring (bicyclic) bond motifs is 1. The summed E-state index contributed by atoms with van der Waals surface area (Å²) in [6, 6.07) is 6.68. The first-order valence-corrected chi connectivity index (χ1v) is 12.0. The lowest BCUT2D eigenvalue weighted by Gasteiger charge is -2.36. The third kappa shape index (κ3) is 5.25. The van der Waals surface area contributed by atoms with Crippen molar-refractivity contribution in [2.75, 3.05) is 38.6 Å². The fraction of sp³-hybridized carbons (Fsp3) is 0.478. The Morgan fingerprint density at radius 1 is 1.13 bits per heavy atom. The third-order valence-electron chi connectivity index (χ3n) is 6.01. The molecule has 166 valence electrons. The number of hydrogen-bond donors (Lipinski definition) is 1. The van der Waals surface area contributed by atoms with E-state index in [1.54, 1.807) is 11.3 Å². The van der Waals surface area contributed by atoms with Crippen molar-refractivity contribution in [3.8, 4) is 0 Å². The molecule has 0 amide bonds. The van der Waals surface area contributed by atoms with E-state index in [0.29, 0.717) is 10.7 Å². The van der Waals surface area contributed by atoms with Crippen molar-refractivity contribution in [1.29, 1.82) is 0 Å². The molecule has 0 bridgehead atoms.